The highest BCUT2D eigenvalue weighted by Gasteiger charge is 2.14. The summed E-state index contributed by atoms with van der Waals surface area (Å²) in [7, 11) is 1.77. The number of amides is 1. The van der Waals surface area contributed by atoms with Crippen LogP contribution in [0.1, 0.15) is 21.5 Å². The molecule has 1 amide bonds. The lowest BCUT2D eigenvalue weighted by Gasteiger charge is -2.18. The first-order valence-electron chi connectivity index (χ1n) is 6.27. The highest BCUT2D eigenvalue weighted by Crippen LogP contribution is 2.21. The molecule has 0 aromatic heterocycles. The van der Waals surface area contributed by atoms with Gasteiger partial charge in [-0.3, -0.25) is 4.79 Å². The Kier molecular flexibility index (Phi) is 4.65. The zero-order valence-electron chi connectivity index (χ0n) is 11.4. The lowest BCUT2D eigenvalue weighted by atomic mass is 10.1. The van der Waals surface area contributed by atoms with Crippen LogP contribution in [0.25, 0.3) is 0 Å². The van der Waals surface area contributed by atoms with Crippen molar-refractivity contribution >= 4 is 28.5 Å². The molecule has 2 rings (SSSR count). The number of phenolic OH excluding ortho intramolecular Hbond substituents is 1. The number of carbonyl (C=O) groups excluding carboxylic acids is 1. The minimum Gasteiger partial charge on any atom is -0.507 e. The molecule has 0 saturated carbocycles. The van der Waals surface area contributed by atoms with Crippen molar-refractivity contribution in [2.24, 2.45) is 0 Å². The van der Waals surface area contributed by atoms with Gasteiger partial charge in [0.25, 0.3) is 5.91 Å². The van der Waals surface area contributed by atoms with Gasteiger partial charge < -0.3 is 10.0 Å². The van der Waals surface area contributed by atoms with E-state index in [0.717, 1.165) is 14.7 Å². The smallest absolute Gasteiger partial charge is 0.254 e. The van der Waals surface area contributed by atoms with Gasteiger partial charge in [-0.2, -0.15) is 0 Å². The molecule has 4 heteroatoms. The lowest BCUT2D eigenvalue weighted by molar-refractivity contribution is 0.0784. The number of hydrogen-bond acceptors (Lipinski definition) is 2. The Bertz CT molecular complexity index is 640. The Hall–Kier alpha value is -1.56. The van der Waals surface area contributed by atoms with Crippen LogP contribution in [0.15, 0.2) is 42.5 Å². The summed E-state index contributed by atoms with van der Waals surface area (Å²) < 4.78 is 0.737. The number of hydrogen-bond donors (Lipinski definition) is 1. The highest BCUT2D eigenvalue weighted by molar-refractivity contribution is 14.1. The van der Waals surface area contributed by atoms with E-state index < -0.39 is 0 Å². The van der Waals surface area contributed by atoms with Crippen molar-refractivity contribution < 1.29 is 9.90 Å². The summed E-state index contributed by atoms with van der Waals surface area (Å²) in [5.41, 5.74) is 2.79. The number of carbonyl (C=O) groups is 1. The summed E-state index contributed by atoms with van der Waals surface area (Å²) in [6.07, 6.45) is 0. The number of phenols is 1. The van der Waals surface area contributed by atoms with E-state index in [0.29, 0.717) is 12.1 Å². The predicted octanol–water partition coefficient (Wildman–Crippen LogP) is 3.58. The SMILES string of the molecule is Cc1ccccc1CN(C)C(=O)c1ccc(I)c(O)c1. The van der Waals surface area contributed by atoms with Crippen molar-refractivity contribution in [3.8, 4) is 5.75 Å². The standard InChI is InChI=1S/C16H16INO2/c1-11-5-3-4-6-13(11)10-18(2)16(20)12-7-8-14(17)15(19)9-12/h3-9,19H,10H2,1-2H3. The molecule has 2 aromatic rings. The molecule has 0 bridgehead atoms. The summed E-state index contributed by atoms with van der Waals surface area (Å²) in [5, 5.41) is 9.69. The Balaban J connectivity index is 2.16. The number of nitrogens with zero attached hydrogens (tertiary/aromatic N) is 1. The van der Waals surface area contributed by atoms with E-state index in [1.807, 2.05) is 53.8 Å². The van der Waals surface area contributed by atoms with E-state index in [1.165, 1.54) is 6.07 Å². The molecule has 0 aliphatic carbocycles. The van der Waals surface area contributed by atoms with E-state index >= 15 is 0 Å². The van der Waals surface area contributed by atoms with Crippen LogP contribution in [0.3, 0.4) is 0 Å². The second kappa shape index (κ2) is 6.26. The molecule has 104 valence electrons. The van der Waals surface area contributed by atoms with Gasteiger partial charge in [-0.15, -0.1) is 0 Å². The van der Waals surface area contributed by atoms with Crippen LogP contribution < -0.4 is 0 Å². The average molecular weight is 381 g/mol. The number of aromatic hydroxyl groups is 1. The van der Waals surface area contributed by atoms with Crippen molar-refractivity contribution in [2.45, 2.75) is 13.5 Å². The quantitative estimate of drug-likeness (QED) is 0.826. The maximum absolute atomic E-state index is 12.3. The van der Waals surface area contributed by atoms with Gasteiger partial charge in [0.2, 0.25) is 0 Å². The van der Waals surface area contributed by atoms with Crippen molar-refractivity contribution in [1.29, 1.82) is 0 Å². The molecule has 0 atom stereocenters. The van der Waals surface area contributed by atoms with Crippen LogP contribution in [0.2, 0.25) is 0 Å². The zero-order valence-corrected chi connectivity index (χ0v) is 13.6. The van der Waals surface area contributed by atoms with Gasteiger partial charge in [-0.25, -0.2) is 0 Å². The Morgan fingerprint density at radius 3 is 2.60 bits per heavy atom. The molecule has 2 aromatic carbocycles. The monoisotopic (exact) mass is 381 g/mol. The molecule has 0 fully saturated rings. The van der Waals surface area contributed by atoms with Gasteiger partial charge in [0, 0.05) is 19.2 Å². The summed E-state index contributed by atoms with van der Waals surface area (Å²) in [5.74, 6) is 0.0423. The van der Waals surface area contributed by atoms with E-state index in [1.54, 1.807) is 24.1 Å². The molecule has 0 spiro atoms. The molecule has 20 heavy (non-hydrogen) atoms. The minimum atomic E-state index is -0.0973. The van der Waals surface area contributed by atoms with Crippen molar-refractivity contribution in [3.05, 3.63) is 62.7 Å². The maximum Gasteiger partial charge on any atom is 0.254 e. The van der Waals surface area contributed by atoms with Gasteiger partial charge in [0.1, 0.15) is 5.75 Å². The van der Waals surface area contributed by atoms with E-state index in [4.69, 9.17) is 0 Å². The molecular weight excluding hydrogens is 365 g/mol. The first-order chi connectivity index (χ1) is 9.49. The minimum absolute atomic E-state index is 0.0973. The number of halogens is 1. The zero-order chi connectivity index (χ0) is 14.7. The summed E-state index contributed by atoms with van der Waals surface area (Å²) >= 11 is 2.03. The lowest BCUT2D eigenvalue weighted by Crippen LogP contribution is -2.26. The molecule has 0 saturated heterocycles. The van der Waals surface area contributed by atoms with Gasteiger partial charge >= 0.3 is 0 Å². The van der Waals surface area contributed by atoms with Crippen molar-refractivity contribution in [2.75, 3.05) is 7.05 Å². The number of rotatable bonds is 3. The second-order valence-electron chi connectivity index (χ2n) is 4.75. The third kappa shape index (κ3) is 3.30. The molecule has 1 N–H and O–H groups in total. The third-order valence-corrected chi connectivity index (χ3v) is 4.12. The topological polar surface area (TPSA) is 40.5 Å². The normalized spacial score (nSPS) is 10.3. The molecule has 0 radical (unpaired) electrons. The Labute approximate surface area is 132 Å². The number of benzene rings is 2. The summed E-state index contributed by atoms with van der Waals surface area (Å²) in [6, 6.07) is 13.0. The first kappa shape index (κ1) is 14.8. The highest BCUT2D eigenvalue weighted by atomic mass is 127. The molecule has 3 nitrogen and oxygen atoms in total. The van der Waals surface area contributed by atoms with Gasteiger partial charge in [-0.05, 0) is 58.8 Å². The first-order valence-corrected chi connectivity index (χ1v) is 7.35. The van der Waals surface area contributed by atoms with Crippen molar-refractivity contribution in [3.63, 3.8) is 0 Å². The Morgan fingerprint density at radius 1 is 1.25 bits per heavy atom. The fraction of sp³-hybridized carbons (Fsp3) is 0.188. The second-order valence-corrected chi connectivity index (χ2v) is 5.92. The molecular formula is C16H16INO2. The third-order valence-electron chi connectivity index (χ3n) is 3.21. The van der Waals surface area contributed by atoms with E-state index in [9.17, 15) is 9.90 Å². The molecule has 0 aliphatic heterocycles. The van der Waals surface area contributed by atoms with Crippen LogP contribution in [0, 0.1) is 10.5 Å². The fourth-order valence-electron chi connectivity index (χ4n) is 1.98. The largest absolute Gasteiger partial charge is 0.507 e. The summed E-state index contributed by atoms with van der Waals surface area (Å²) in [6.45, 7) is 2.59. The summed E-state index contributed by atoms with van der Waals surface area (Å²) in [4.78, 5) is 14.0. The molecule has 0 aliphatic rings. The molecule has 0 unspecified atom stereocenters. The predicted molar refractivity (Wildman–Crippen MR) is 87.8 cm³/mol. The van der Waals surface area contributed by atoms with E-state index in [-0.39, 0.29) is 11.7 Å². The average Bonchev–Trinajstić information content (AvgIpc) is 2.43. The van der Waals surface area contributed by atoms with Gasteiger partial charge in [0.15, 0.2) is 0 Å². The van der Waals surface area contributed by atoms with E-state index in [2.05, 4.69) is 0 Å². The Morgan fingerprint density at radius 2 is 1.95 bits per heavy atom. The maximum atomic E-state index is 12.3. The fourth-order valence-corrected chi connectivity index (χ4v) is 2.32. The van der Waals surface area contributed by atoms with Crippen LogP contribution in [-0.2, 0) is 6.54 Å². The van der Waals surface area contributed by atoms with Crippen LogP contribution in [0.5, 0.6) is 5.75 Å². The van der Waals surface area contributed by atoms with Crippen molar-refractivity contribution in [1.82, 2.24) is 4.90 Å². The van der Waals surface area contributed by atoms with Crippen LogP contribution >= 0.6 is 22.6 Å². The van der Waals surface area contributed by atoms with Crippen LogP contribution in [0.4, 0.5) is 0 Å². The van der Waals surface area contributed by atoms with Gasteiger partial charge in [0.05, 0.1) is 3.57 Å². The number of aryl methyl sites for hydroxylation is 1. The molecule has 0 heterocycles. The van der Waals surface area contributed by atoms with Gasteiger partial charge in [-0.1, -0.05) is 24.3 Å². The van der Waals surface area contributed by atoms with Crippen LogP contribution in [-0.4, -0.2) is 23.0 Å².